The lowest BCUT2D eigenvalue weighted by Crippen LogP contribution is -2.61. The molecule has 2 N–H and O–H groups in total. The molecule has 40 heavy (non-hydrogen) atoms. The molecule has 3 aromatic carbocycles. The van der Waals surface area contributed by atoms with Crippen LogP contribution in [0.25, 0.3) is 0 Å². The van der Waals surface area contributed by atoms with Gasteiger partial charge in [-0.1, -0.05) is 30.3 Å². The summed E-state index contributed by atoms with van der Waals surface area (Å²) in [6.45, 7) is -0.576. The number of carbonyl (C=O) groups excluding carboxylic acids is 2. The Bertz CT molecular complexity index is 1560. The standard InChI is InChI=1S/C26H27N3O9S2/c1-39(33,34)22-11-7-20(8-12-22)38-21-9-13-23(14-10-21)40(35,36)29-16-15-28(17-24(29)25(30)27-32)26(31)37-18-19-5-3-2-4-6-19/h2-14,24,32H,15-18H2,1H3,(H,27,30). The molecule has 2 amide bonds. The van der Waals surface area contributed by atoms with Gasteiger partial charge in [0.15, 0.2) is 9.84 Å². The first-order valence-electron chi connectivity index (χ1n) is 12.0. The number of carbonyl (C=O) groups is 2. The van der Waals surface area contributed by atoms with Gasteiger partial charge in [-0.3, -0.25) is 10.0 Å². The Labute approximate surface area is 231 Å². The molecule has 1 heterocycles. The lowest BCUT2D eigenvalue weighted by molar-refractivity contribution is -0.134. The zero-order valence-corrected chi connectivity index (χ0v) is 23.0. The van der Waals surface area contributed by atoms with E-state index in [0.717, 1.165) is 16.1 Å². The molecule has 0 bridgehead atoms. The van der Waals surface area contributed by atoms with Crippen molar-refractivity contribution >= 4 is 31.9 Å². The van der Waals surface area contributed by atoms with E-state index in [1.54, 1.807) is 24.3 Å². The van der Waals surface area contributed by atoms with Crippen LogP contribution in [-0.4, -0.2) is 75.2 Å². The predicted molar refractivity (Wildman–Crippen MR) is 142 cm³/mol. The molecule has 0 aromatic heterocycles. The van der Waals surface area contributed by atoms with Gasteiger partial charge >= 0.3 is 6.09 Å². The van der Waals surface area contributed by atoms with E-state index in [0.29, 0.717) is 11.5 Å². The third-order valence-electron chi connectivity index (χ3n) is 6.13. The smallest absolute Gasteiger partial charge is 0.410 e. The van der Waals surface area contributed by atoms with Gasteiger partial charge in [-0.2, -0.15) is 4.31 Å². The summed E-state index contributed by atoms with van der Waals surface area (Å²) in [5.41, 5.74) is 2.24. The fraction of sp³-hybridized carbons (Fsp3) is 0.231. The number of amides is 2. The molecule has 0 saturated carbocycles. The first kappa shape index (κ1) is 29.0. The van der Waals surface area contributed by atoms with Crippen LogP contribution >= 0.6 is 0 Å². The van der Waals surface area contributed by atoms with Gasteiger partial charge in [-0.05, 0) is 54.1 Å². The Balaban J connectivity index is 1.45. The minimum atomic E-state index is -4.22. The Hall–Kier alpha value is -3.98. The van der Waals surface area contributed by atoms with Gasteiger partial charge in [0.1, 0.15) is 24.1 Å². The molecule has 0 radical (unpaired) electrons. The van der Waals surface area contributed by atoms with Crippen molar-refractivity contribution in [3.8, 4) is 11.5 Å². The zero-order valence-electron chi connectivity index (χ0n) is 21.3. The van der Waals surface area contributed by atoms with E-state index < -0.39 is 37.9 Å². The predicted octanol–water partition coefficient (Wildman–Crippen LogP) is 2.40. The van der Waals surface area contributed by atoms with E-state index in [1.165, 1.54) is 58.9 Å². The molecule has 0 aliphatic carbocycles. The Morgan fingerprint density at radius 3 is 2.00 bits per heavy atom. The van der Waals surface area contributed by atoms with Crippen LogP contribution in [0, 0.1) is 0 Å². The summed E-state index contributed by atoms with van der Waals surface area (Å²) in [6, 6.07) is 18.7. The highest BCUT2D eigenvalue weighted by molar-refractivity contribution is 7.90. The van der Waals surface area contributed by atoms with Crippen molar-refractivity contribution in [1.82, 2.24) is 14.7 Å². The average Bonchev–Trinajstić information content (AvgIpc) is 2.95. The number of nitrogens with one attached hydrogen (secondary N) is 1. The van der Waals surface area contributed by atoms with Gasteiger partial charge < -0.3 is 14.4 Å². The highest BCUT2D eigenvalue weighted by Gasteiger charge is 2.41. The molecule has 1 fully saturated rings. The Morgan fingerprint density at radius 1 is 0.875 bits per heavy atom. The van der Waals surface area contributed by atoms with Crippen molar-refractivity contribution < 1.29 is 41.1 Å². The van der Waals surface area contributed by atoms with E-state index in [9.17, 15) is 31.6 Å². The minimum Gasteiger partial charge on any atom is -0.457 e. The maximum atomic E-state index is 13.4. The highest BCUT2D eigenvalue weighted by atomic mass is 32.2. The maximum Gasteiger partial charge on any atom is 0.410 e. The second-order valence-electron chi connectivity index (χ2n) is 8.91. The molecule has 1 saturated heterocycles. The summed E-state index contributed by atoms with van der Waals surface area (Å²) in [5, 5.41) is 9.25. The van der Waals surface area contributed by atoms with Gasteiger partial charge in [-0.15, -0.1) is 0 Å². The van der Waals surface area contributed by atoms with Crippen molar-refractivity contribution in [3.63, 3.8) is 0 Å². The van der Waals surface area contributed by atoms with Crippen LogP contribution in [0.4, 0.5) is 4.79 Å². The van der Waals surface area contributed by atoms with Crippen LogP contribution < -0.4 is 10.2 Å². The summed E-state index contributed by atoms with van der Waals surface area (Å²) in [4.78, 5) is 26.3. The topological polar surface area (TPSA) is 160 Å². The lowest BCUT2D eigenvalue weighted by Gasteiger charge is -2.38. The number of piperazine rings is 1. The van der Waals surface area contributed by atoms with E-state index in [2.05, 4.69) is 0 Å². The molecular formula is C26H27N3O9S2. The molecule has 1 atom stereocenters. The number of sulfone groups is 1. The van der Waals surface area contributed by atoms with Crippen LogP contribution in [0.5, 0.6) is 11.5 Å². The maximum absolute atomic E-state index is 13.4. The fourth-order valence-corrected chi connectivity index (χ4v) is 6.23. The quantitative estimate of drug-likeness (QED) is 0.297. The first-order chi connectivity index (χ1) is 19.0. The third-order valence-corrected chi connectivity index (χ3v) is 9.18. The molecule has 14 heteroatoms. The molecule has 4 rings (SSSR count). The number of hydrogen-bond donors (Lipinski definition) is 2. The molecular weight excluding hydrogens is 562 g/mol. The molecule has 3 aromatic rings. The molecule has 0 spiro atoms. The van der Waals surface area contributed by atoms with Gasteiger partial charge in [0.05, 0.1) is 9.79 Å². The number of hydrogen-bond acceptors (Lipinski definition) is 9. The highest BCUT2D eigenvalue weighted by Crippen LogP contribution is 2.27. The van der Waals surface area contributed by atoms with Crippen molar-refractivity contribution in [2.45, 2.75) is 22.4 Å². The first-order valence-corrected chi connectivity index (χ1v) is 15.3. The monoisotopic (exact) mass is 589 g/mol. The van der Waals surface area contributed by atoms with Gasteiger partial charge in [-0.25, -0.2) is 27.1 Å². The molecule has 1 unspecified atom stereocenters. The number of sulfonamides is 1. The summed E-state index contributed by atoms with van der Waals surface area (Å²) in [5.74, 6) is -0.360. The summed E-state index contributed by atoms with van der Waals surface area (Å²) in [6.07, 6.45) is 0.372. The largest absolute Gasteiger partial charge is 0.457 e. The normalized spacial score (nSPS) is 16.2. The number of hydroxylamine groups is 1. The van der Waals surface area contributed by atoms with Crippen LogP contribution in [-0.2, 0) is 36.0 Å². The summed E-state index contributed by atoms with van der Waals surface area (Å²) in [7, 11) is -7.58. The number of benzene rings is 3. The van der Waals surface area contributed by atoms with Crippen molar-refractivity contribution in [2.24, 2.45) is 0 Å². The van der Waals surface area contributed by atoms with E-state index in [1.807, 2.05) is 6.07 Å². The fourth-order valence-electron chi connectivity index (χ4n) is 4.02. The van der Waals surface area contributed by atoms with Crippen molar-refractivity contribution in [2.75, 3.05) is 25.9 Å². The second-order valence-corrected chi connectivity index (χ2v) is 12.8. The van der Waals surface area contributed by atoms with Gasteiger partial charge in [0.25, 0.3) is 5.91 Å². The lowest BCUT2D eigenvalue weighted by atomic mass is 10.2. The molecule has 212 valence electrons. The third kappa shape index (κ3) is 6.77. The Kier molecular flexibility index (Phi) is 8.73. The molecule has 1 aliphatic heterocycles. The van der Waals surface area contributed by atoms with Crippen LogP contribution in [0.1, 0.15) is 5.56 Å². The minimum absolute atomic E-state index is 0.00527. The summed E-state index contributed by atoms with van der Waals surface area (Å²) >= 11 is 0. The van der Waals surface area contributed by atoms with E-state index in [-0.39, 0.29) is 36.0 Å². The number of nitrogens with zero attached hydrogens (tertiary/aromatic N) is 2. The molecule has 1 aliphatic rings. The molecule has 12 nitrogen and oxygen atoms in total. The van der Waals surface area contributed by atoms with Crippen molar-refractivity contribution in [3.05, 3.63) is 84.4 Å². The van der Waals surface area contributed by atoms with Gasteiger partial charge in [0.2, 0.25) is 10.0 Å². The Morgan fingerprint density at radius 2 is 1.45 bits per heavy atom. The second kappa shape index (κ2) is 12.0. The van der Waals surface area contributed by atoms with Crippen molar-refractivity contribution in [1.29, 1.82) is 0 Å². The van der Waals surface area contributed by atoms with E-state index >= 15 is 0 Å². The SMILES string of the molecule is CS(=O)(=O)c1ccc(Oc2ccc(S(=O)(=O)N3CCN(C(=O)OCc4ccccc4)CC3C(=O)NO)cc2)cc1. The summed E-state index contributed by atoms with van der Waals surface area (Å²) < 4.78 is 62.0. The van der Waals surface area contributed by atoms with Crippen LogP contribution in [0.3, 0.4) is 0 Å². The van der Waals surface area contributed by atoms with E-state index in [4.69, 9.17) is 9.47 Å². The average molecular weight is 590 g/mol. The van der Waals surface area contributed by atoms with Gasteiger partial charge in [0, 0.05) is 25.9 Å². The number of ether oxygens (including phenoxy) is 2. The van der Waals surface area contributed by atoms with Crippen LogP contribution in [0.15, 0.2) is 88.7 Å². The number of rotatable bonds is 8. The van der Waals surface area contributed by atoms with Crippen LogP contribution in [0.2, 0.25) is 0 Å². The zero-order chi connectivity index (χ0) is 28.9.